The first-order valence-electron chi connectivity index (χ1n) is 4.82. The Labute approximate surface area is 87.9 Å². The number of hydrogen-bond acceptors (Lipinski definition) is 3. The molecule has 0 aliphatic carbocycles. The fourth-order valence-corrected chi connectivity index (χ4v) is 1.88. The summed E-state index contributed by atoms with van der Waals surface area (Å²) in [5.74, 6) is -0.463. The van der Waals surface area contributed by atoms with Gasteiger partial charge in [-0.25, -0.2) is 0 Å². The van der Waals surface area contributed by atoms with Crippen LogP contribution in [0.2, 0.25) is 0 Å². The second-order valence-electron chi connectivity index (χ2n) is 3.59. The van der Waals surface area contributed by atoms with Gasteiger partial charge in [-0.1, -0.05) is 6.07 Å². The number of carboxylic acids is 1. The third-order valence-corrected chi connectivity index (χ3v) is 2.69. The van der Waals surface area contributed by atoms with Crippen LogP contribution in [-0.4, -0.2) is 24.7 Å². The molecule has 4 nitrogen and oxygen atoms in total. The summed E-state index contributed by atoms with van der Waals surface area (Å²) >= 11 is 0. The molecule has 0 radical (unpaired) electrons. The van der Waals surface area contributed by atoms with Crippen molar-refractivity contribution in [2.24, 2.45) is 0 Å². The van der Waals surface area contributed by atoms with Gasteiger partial charge in [-0.05, 0) is 23.3 Å². The van der Waals surface area contributed by atoms with E-state index in [9.17, 15) is 4.79 Å². The standard InChI is InChI=1S/C11H13NO3/c1-15-8-2-3-9-7(4-8)5-12-6-10(9)11(13)14/h2-4,10,12H,5-6H2,1H3,(H,13,14)/t10-/m1/s1. The smallest absolute Gasteiger partial charge is 0.312 e. The highest BCUT2D eigenvalue weighted by Gasteiger charge is 2.25. The van der Waals surface area contributed by atoms with Gasteiger partial charge in [-0.2, -0.15) is 0 Å². The lowest BCUT2D eigenvalue weighted by molar-refractivity contribution is -0.138. The summed E-state index contributed by atoms with van der Waals surface area (Å²) < 4.78 is 5.10. The molecule has 0 bridgehead atoms. The highest BCUT2D eigenvalue weighted by Crippen LogP contribution is 2.27. The van der Waals surface area contributed by atoms with Crippen molar-refractivity contribution in [1.29, 1.82) is 0 Å². The molecule has 1 aromatic rings. The van der Waals surface area contributed by atoms with E-state index in [-0.39, 0.29) is 0 Å². The van der Waals surface area contributed by atoms with Crippen molar-refractivity contribution in [3.63, 3.8) is 0 Å². The van der Waals surface area contributed by atoms with Gasteiger partial charge >= 0.3 is 5.97 Å². The third-order valence-electron chi connectivity index (χ3n) is 2.69. The second kappa shape index (κ2) is 3.90. The minimum absolute atomic E-state index is 0.445. The van der Waals surface area contributed by atoms with Crippen LogP contribution in [0.3, 0.4) is 0 Å². The predicted molar refractivity (Wildman–Crippen MR) is 55.1 cm³/mol. The minimum Gasteiger partial charge on any atom is -0.497 e. The lowest BCUT2D eigenvalue weighted by Crippen LogP contribution is -2.32. The number of benzene rings is 1. The summed E-state index contributed by atoms with van der Waals surface area (Å²) in [7, 11) is 1.60. The van der Waals surface area contributed by atoms with E-state index in [2.05, 4.69) is 5.32 Å². The number of carbonyl (C=O) groups is 1. The molecule has 1 aliphatic heterocycles. The highest BCUT2D eigenvalue weighted by molar-refractivity contribution is 5.77. The molecule has 0 spiro atoms. The van der Waals surface area contributed by atoms with Gasteiger partial charge in [0, 0.05) is 13.1 Å². The average Bonchev–Trinajstić information content (AvgIpc) is 2.27. The SMILES string of the molecule is COc1ccc2c(c1)CNC[C@H]2C(=O)O. The molecule has 1 aromatic carbocycles. The Balaban J connectivity index is 2.40. The number of hydrogen-bond donors (Lipinski definition) is 2. The normalized spacial score (nSPS) is 19.4. The zero-order valence-electron chi connectivity index (χ0n) is 8.49. The van der Waals surface area contributed by atoms with Crippen LogP contribution in [0.5, 0.6) is 5.75 Å². The maximum atomic E-state index is 11.0. The van der Waals surface area contributed by atoms with Gasteiger partial charge in [-0.3, -0.25) is 4.79 Å². The van der Waals surface area contributed by atoms with E-state index in [1.54, 1.807) is 13.2 Å². The van der Waals surface area contributed by atoms with Crippen LogP contribution in [-0.2, 0) is 11.3 Å². The minimum atomic E-state index is -0.784. The summed E-state index contributed by atoms with van der Waals surface area (Å²) in [6.07, 6.45) is 0. The summed E-state index contributed by atoms with van der Waals surface area (Å²) in [6, 6.07) is 5.53. The summed E-state index contributed by atoms with van der Waals surface area (Å²) in [6.45, 7) is 1.20. The van der Waals surface area contributed by atoms with E-state index < -0.39 is 11.9 Å². The molecule has 80 valence electrons. The summed E-state index contributed by atoms with van der Waals surface area (Å²) in [4.78, 5) is 11.0. The average molecular weight is 207 g/mol. The number of carboxylic acid groups (broad SMARTS) is 1. The Morgan fingerprint density at radius 3 is 3.07 bits per heavy atom. The number of rotatable bonds is 2. The van der Waals surface area contributed by atoms with Crippen LogP contribution >= 0.6 is 0 Å². The Hall–Kier alpha value is -1.55. The molecule has 0 aromatic heterocycles. The molecule has 1 atom stereocenters. The van der Waals surface area contributed by atoms with E-state index >= 15 is 0 Å². The fourth-order valence-electron chi connectivity index (χ4n) is 1.88. The maximum absolute atomic E-state index is 11.0. The zero-order valence-corrected chi connectivity index (χ0v) is 8.49. The largest absolute Gasteiger partial charge is 0.497 e. The van der Waals surface area contributed by atoms with Crippen LogP contribution in [0.1, 0.15) is 17.0 Å². The van der Waals surface area contributed by atoms with Gasteiger partial charge < -0.3 is 15.2 Å². The first-order valence-corrected chi connectivity index (χ1v) is 4.82. The van der Waals surface area contributed by atoms with Crippen LogP contribution in [0.25, 0.3) is 0 Å². The van der Waals surface area contributed by atoms with E-state index in [4.69, 9.17) is 9.84 Å². The lowest BCUT2D eigenvalue weighted by Gasteiger charge is -2.23. The van der Waals surface area contributed by atoms with Crippen molar-refractivity contribution in [1.82, 2.24) is 5.32 Å². The Bertz CT molecular complexity index is 389. The number of nitrogens with one attached hydrogen (secondary N) is 1. The summed E-state index contributed by atoms with van der Waals surface area (Å²) in [5.41, 5.74) is 1.90. The third kappa shape index (κ3) is 1.80. The van der Waals surface area contributed by atoms with Crippen molar-refractivity contribution < 1.29 is 14.6 Å². The molecule has 2 rings (SSSR count). The molecule has 0 unspecified atom stereocenters. The van der Waals surface area contributed by atoms with Crippen LogP contribution in [0.15, 0.2) is 18.2 Å². The van der Waals surface area contributed by atoms with Crippen molar-refractivity contribution in [3.05, 3.63) is 29.3 Å². The molecule has 0 amide bonds. The highest BCUT2D eigenvalue weighted by atomic mass is 16.5. The van der Waals surface area contributed by atoms with Gasteiger partial charge in [0.05, 0.1) is 13.0 Å². The lowest BCUT2D eigenvalue weighted by atomic mass is 9.91. The zero-order chi connectivity index (χ0) is 10.8. The first-order chi connectivity index (χ1) is 7.22. The van der Waals surface area contributed by atoms with Crippen LogP contribution in [0.4, 0.5) is 0 Å². The Morgan fingerprint density at radius 1 is 1.60 bits per heavy atom. The van der Waals surface area contributed by atoms with E-state index in [1.807, 2.05) is 12.1 Å². The maximum Gasteiger partial charge on any atom is 0.312 e. The molecule has 0 saturated carbocycles. The molecular weight excluding hydrogens is 194 g/mol. The van der Waals surface area contributed by atoms with Gasteiger partial charge in [0.2, 0.25) is 0 Å². The number of aliphatic carboxylic acids is 1. The van der Waals surface area contributed by atoms with E-state index in [1.165, 1.54) is 0 Å². The molecule has 2 N–H and O–H groups in total. The summed E-state index contributed by atoms with van der Waals surface area (Å²) in [5, 5.41) is 12.1. The molecule has 4 heteroatoms. The van der Waals surface area contributed by atoms with Crippen LogP contribution < -0.4 is 10.1 Å². The second-order valence-corrected chi connectivity index (χ2v) is 3.59. The quantitative estimate of drug-likeness (QED) is 0.758. The molecule has 1 heterocycles. The Morgan fingerprint density at radius 2 is 2.40 bits per heavy atom. The number of fused-ring (bicyclic) bond motifs is 1. The van der Waals surface area contributed by atoms with Crippen molar-refractivity contribution >= 4 is 5.97 Å². The van der Waals surface area contributed by atoms with Gasteiger partial charge in [-0.15, -0.1) is 0 Å². The molecular formula is C11H13NO3. The number of ether oxygens (including phenoxy) is 1. The molecule has 0 saturated heterocycles. The Kier molecular flexibility index (Phi) is 2.60. The molecule has 0 fully saturated rings. The predicted octanol–water partition coefficient (Wildman–Crippen LogP) is 0.967. The van der Waals surface area contributed by atoms with Crippen molar-refractivity contribution in [2.75, 3.05) is 13.7 Å². The molecule has 1 aliphatic rings. The van der Waals surface area contributed by atoms with E-state index in [0.29, 0.717) is 13.1 Å². The van der Waals surface area contributed by atoms with Crippen LogP contribution in [0, 0.1) is 0 Å². The first kappa shape index (κ1) is 9.98. The molecule has 15 heavy (non-hydrogen) atoms. The van der Waals surface area contributed by atoms with E-state index in [0.717, 1.165) is 16.9 Å². The van der Waals surface area contributed by atoms with Gasteiger partial charge in [0.25, 0.3) is 0 Å². The van der Waals surface area contributed by atoms with Gasteiger partial charge in [0.1, 0.15) is 5.75 Å². The van der Waals surface area contributed by atoms with Gasteiger partial charge in [0.15, 0.2) is 0 Å². The fraction of sp³-hybridized carbons (Fsp3) is 0.364. The topological polar surface area (TPSA) is 58.6 Å². The monoisotopic (exact) mass is 207 g/mol. The number of methoxy groups -OCH3 is 1. The van der Waals surface area contributed by atoms with Crippen molar-refractivity contribution in [3.8, 4) is 5.75 Å². The van der Waals surface area contributed by atoms with Crippen molar-refractivity contribution in [2.45, 2.75) is 12.5 Å².